The molecule has 38 heavy (non-hydrogen) atoms. The minimum absolute atomic E-state index is 0.667. The van der Waals surface area contributed by atoms with Gasteiger partial charge in [-0.2, -0.15) is 0 Å². The molecule has 0 aliphatic carbocycles. The average molecular weight is 488 g/mol. The number of fused-ring (bicyclic) bond motifs is 6. The van der Waals surface area contributed by atoms with E-state index in [9.17, 15) is 0 Å². The normalized spacial score (nSPS) is 11.7. The summed E-state index contributed by atoms with van der Waals surface area (Å²) in [7, 11) is 0. The standard InChI is InChI=1S/C34H21N3O/c1-2-10-22(11-3-1)23-18-20-24(21-19-23)33-35-31-27-14-6-9-17-30(27)38-32(31)34(36-33)37-28-15-7-4-12-25(28)26-13-5-8-16-29(26)37/h1-21H. The van der Waals surface area contributed by atoms with Gasteiger partial charge in [-0.1, -0.05) is 103 Å². The summed E-state index contributed by atoms with van der Waals surface area (Å²) in [6, 6.07) is 43.8. The van der Waals surface area contributed by atoms with Gasteiger partial charge < -0.3 is 4.42 Å². The Kier molecular flexibility index (Phi) is 4.49. The van der Waals surface area contributed by atoms with Crippen LogP contribution >= 0.6 is 0 Å². The molecule has 0 aliphatic rings. The summed E-state index contributed by atoms with van der Waals surface area (Å²) in [5.41, 5.74) is 7.76. The molecule has 0 bridgehead atoms. The van der Waals surface area contributed by atoms with Crippen LogP contribution in [0, 0.1) is 0 Å². The van der Waals surface area contributed by atoms with Crippen molar-refractivity contribution in [3.8, 4) is 28.3 Å². The average Bonchev–Trinajstić information content (AvgIpc) is 3.53. The third-order valence-corrected chi connectivity index (χ3v) is 7.24. The lowest BCUT2D eigenvalue weighted by Crippen LogP contribution is -2.01. The number of rotatable bonds is 3. The van der Waals surface area contributed by atoms with Crippen molar-refractivity contribution in [2.75, 3.05) is 0 Å². The van der Waals surface area contributed by atoms with Crippen LogP contribution in [0.25, 0.3) is 72.2 Å². The van der Waals surface area contributed by atoms with Crippen LogP contribution in [0.2, 0.25) is 0 Å². The molecule has 3 heterocycles. The van der Waals surface area contributed by atoms with Crippen LogP contribution in [-0.4, -0.2) is 14.5 Å². The van der Waals surface area contributed by atoms with E-state index < -0.39 is 0 Å². The van der Waals surface area contributed by atoms with Crippen LogP contribution in [0.5, 0.6) is 0 Å². The Morgan fingerprint density at radius 1 is 0.474 bits per heavy atom. The largest absolute Gasteiger partial charge is 0.450 e. The lowest BCUT2D eigenvalue weighted by atomic mass is 10.0. The number of nitrogens with zero attached hydrogens (tertiary/aromatic N) is 3. The summed E-state index contributed by atoms with van der Waals surface area (Å²) in [6.45, 7) is 0. The first-order chi connectivity index (χ1) is 18.8. The molecule has 0 atom stereocenters. The number of aromatic nitrogens is 3. The molecule has 0 radical (unpaired) electrons. The molecule has 0 spiro atoms. The second kappa shape index (κ2) is 8.15. The van der Waals surface area contributed by atoms with E-state index in [0.717, 1.165) is 44.5 Å². The predicted octanol–water partition coefficient (Wildman–Crippen LogP) is 8.81. The summed E-state index contributed by atoms with van der Waals surface area (Å²) in [4.78, 5) is 10.2. The monoisotopic (exact) mass is 487 g/mol. The fourth-order valence-corrected chi connectivity index (χ4v) is 5.45. The first-order valence-corrected chi connectivity index (χ1v) is 12.7. The molecule has 4 heteroatoms. The maximum atomic E-state index is 6.43. The molecule has 0 amide bonds. The summed E-state index contributed by atoms with van der Waals surface area (Å²) >= 11 is 0. The van der Waals surface area contributed by atoms with Crippen LogP contribution in [0.4, 0.5) is 0 Å². The molecule has 0 fully saturated rings. The number of benzene rings is 5. The van der Waals surface area contributed by atoms with E-state index >= 15 is 0 Å². The molecule has 3 aromatic heterocycles. The number of furan rings is 1. The Balaban J connectivity index is 1.43. The topological polar surface area (TPSA) is 43.9 Å². The molecule has 0 aliphatic heterocycles. The summed E-state index contributed by atoms with van der Waals surface area (Å²) < 4.78 is 8.63. The van der Waals surface area contributed by atoms with Gasteiger partial charge in [-0.15, -0.1) is 0 Å². The van der Waals surface area contributed by atoms with Gasteiger partial charge in [0.25, 0.3) is 0 Å². The number of para-hydroxylation sites is 3. The highest BCUT2D eigenvalue weighted by Gasteiger charge is 2.21. The van der Waals surface area contributed by atoms with Gasteiger partial charge in [-0.05, 0) is 35.4 Å². The van der Waals surface area contributed by atoms with Crippen molar-refractivity contribution in [1.29, 1.82) is 0 Å². The second-order valence-electron chi connectivity index (χ2n) is 9.46. The maximum Gasteiger partial charge on any atom is 0.197 e. The fraction of sp³-hybridized carbons (Fsp3) is 0. The molecule has 178 valence electrons. The third kappa shape index (κ3) is 3.10. The van der Waals surface area contributed by atoms with E-state index in [1.165, 1.54) is 16.3 Å². The maximum absolute atomic E-state index is 6.43. The Bertz CT molecular complexity index is 2070. The van der Waals surface area contributed by atoms with Gasteiger partial charge in [0.2, 0.25) is 0 Å². The van der Waals surface area contributed by atoms with Gasteiger partial charge in [0.15, 0.2) is 17.2 Å². The quantitative estimate of drug-likeness (QED) is 0.250. The Morgan fingerprint density at radius 2 is 1.03 bits per heavy atom. The zero-order valence-electron chi connectivity index (χ0n) is 20.4. The van der Waals surface area contributed by atoms with Crippen molar-refractivity contribution in [3.05, 3.63) is 127 Å². The molecular formula is C34H21N3O. The van der Waals surface area contributed by atoms with E-state index in [2.05, 4.69) is 108 Å². The summed E-state index contributed by atoms with van der Waals surface area (Å²) in [6.07, 6.45) is 0. The summed E-state index contributed by atoms with van der Waals surface area (Å²) in [5.74, 6) is 1.41. The van der Waals surface area contributed by atoms with Crippen molar-refractivity contribution in [1.82, 2.24) is 14.5 Å². The molecule has 8 rings (SSSR count). The van der Waals surface area contributed by atoms with E-state index in [4.69, 9.17) is 14.4 Å². The Morgan fingerprint density at radius 3 is 1.74 bits per heavy atom. The second-order valence-corrected chi connectivity index (χ2v) is 9.46. The Hall–Kier alpha value is -5.22. The van der Waals surface area contributed by atoms with Crippen molar-refractivity contribution in [2.45, 2.75) is 0 Å². The van der Waals surface area contributed by atoms with Gasteiger partial charge >= 0.3 is 0 Å². The molecule has 0 unspecified atom stereocenters. The minimum atomic E-state index is 0.667. The highest BCUT2D eigenvalue weighted by Crippen LogP contribution is 2.37. The van der Waals surface area contributed by atoms with Crippen LogP contribution in [0.1, 0.15) is 0 Å². The molecule has 4 nitrogen and oxygen atoms in total. The molecular weight excluding hydrogens is 466 g/mol. The van der Waals surface area contributed by atoms with Crippen molar-refractivity contribution < 1.29 is 4.42 Å². The van der Waals surface area contributed by atoms with Gasteiger partial charge in [0.05, 0.1) is 11.0 Å². The van der Waals surface area contributed by atoms with Crippen LogP contribution < -0.4 is 0 Å². The number of hydrogen-bond donors (Lipinski definition) is 0. The van der Waals surface area contributed by atoms with E-state index in [1.54, 1.807) is 0 Å². The van der Waals surface area contributed by atoms with E-state index in [0.29, 0.717) is 11.4 Å². The molecule has 0 saturated heterocycles. The minimum Gasteiger partial charge on any atom is -0.450 e. The van der Waals surface area contributed by atoms with Crippen LogP contribution in [-0.2, 0) is 0 Å². The first kappa shape index (κ1) is 20.9. The van der Waals surface area contributed by atoms with Crippen molar-refractivity contribution in [3.63, 3.8) is 0 Å². The zero-order valence-corrected chi connectivity index (χ0v) is 20.4. The van der Waals surface area contributed by atoms with Gasteiger partial charge in [-0.3, -0.25) is 4.57 Å². The molecule has 0 saturated carbocycles. The van der Waals surface area contributed by atoms with Gasteiger partial charge in [0, 0.05) is 21.7 Å². The zero-order chi connectivity index (χ0) is 25.1. The SMILES string of the molecule is c1ccc(-c2ccc(-c3nc(-n4c5ccccc5c5ccccc54)c4oc5ccccc5c4n3)cc2)cc1. The lowest BCUT2D eigenvalue weighted by Gasteiger charge is -2.10. The molecule has 8 aromatic rings. The van der Waals surface area contributed by atoms with Gasteiger partial charge in [0.1, 0.15) is 11.1 Å². The van der Waals surface area contributed by atoms with Gasteiger partial charge in [-0.25, -0.2) is 9.97 Å². The highest BCUT2D eigenvalue weighted by molar-refractivity contribution is 6.11. The smallest absolute Gasteiger partial charge is 0.197 e. The fourth-order valence-electron chi connectivity index (χ4n) is 5.45. The molecule has 0 N–H and O–H groups in total. The predicted molar refractivity (Wildman–Crippen MR) is 155 cm³/mol. The highest BCUT2D eigenvalue weighted by atomic mass is 16.3. The van der Waals surface area contributed by atoms with E-state index in [-0.39, 0.29) is 0 Å². The van der Waals surface area contributed by atoms with Crippen LogP contribution in [0.3, 0.4) is 0 Å². The summed E-state index contributed by atoms with van der Waals surface area (Å²) in [5, 5.41) is 3.34. The van der Waals surface area contributed by atoms with Crippen molar-refractivity contribution in [2.24, 2.45) is 0 Å². The third-order valence-electron chi connectivity index (χ3n) is 7.24. The lowest BCUT2D eigenvalue weighted by molar-refractivity contribution is 0.662. The van der Waals surface area contributed by atoms with Crippen LogP contribution in [0.15, 0.2) is 132 Å². The molecule has 5 aromatic carbocycles. The van der Waals surface area contributed by atoms with E-state index in [1.807, 2.05) is 24.3 Å². The Labute approximate surface area is 218 Å². The first-order valence-electron chi connectivity index (χ1n) is 12.7. The van der Waals surface area contributed by atoms with Crippen molar-refractivity contribution >= 4 is 43.9 Å². The number of hydrogen-bond acceptors (Lipinski definition) is 3.